The summed E-state index contributed by atoms with van der Waals surface area (Å²) in [7, 11) is -3.80. The van der Waals surface area contributed by atoms with Gasteiger partial charge in [-0.3, -0.25) is 0 Å². The molecule has 2 rings (SSSR count). The van der Waals surface area contributed by atoms with E-state index in [1.54, 1.807) is 23.3 Å². The molecular formula is C10H11N3O4S2. The highest BCUT2D eigenvalue weighted by Gasteiger charge is 2.23. The number of hydrogen-bond donors (Lipinski definition) is 2. The molecule has 0 atom stereocenters. The largest absolute Gasteiger partial charge is 0.477 e. The lowest BCUT2D eigenvalue weighted by atomic mass is 10.5. The second-order valence-corrected chi connectivity index (χ2v) is 6.27. The third kappa shape index (κ3) is 3.19. The number of carboxylic acids is 1. The van der Waals surface area contributed by atoms with E-state index in [2.05, 4.69) is 9.71 Å². The van der Waals surface area contributed by atoms with Crippen molar-refractivity contribution in [1.82, 2.24) is 14.3 Å². The van der Waals surface area contributed by atoms with Gasteiger partial charge >= 0.3 is 5.97 Å². The van der Waals surface area contributed by atoms with Crippen LogP contribution in [0.1, 0.15) is 9.67 Å². The van der Waals surface area contributed by atoms with Gasteiger partial charge < -0.3 is 9.67 Å². The van der Waals surface area contributed by atoms with Crippen molar-refractivity contribution < 1.29 is 18.3 Å². The van der Waals surface area contributed by atoms with Crippen molar-refractivity contribution in [3.63, 3.8) is 0 Å². The molecule has 9 heteroatoms. The molecule has 0 saturated heterocycles. The molecule has 2 N–H and O–H groups in total. The Morgan fingerprint density at radius 1 is 1.53 bits per heavy atom. The summed E-state index contributed by atoms with van der Waals surface area (Å²) in [5.74, 6) is -1.25. The zero-order chi connectivity index (χ0) is 13.9. The molecule has 0 amide bonds. The zero-order valence-electron chi connectivity index (χ0n) is 9.68. The Morgan fingerprint density at radius 2 is 2.32 bits per heavy atom. The van der Waals surface area contributed by atoms with Crippen molar-refractivity contribution >= 4 is 27.3 Å². The summed E-state index contributed by atoms with van der Waals surface area (Å²) in [6.45, 7) is 0.583. The number of rotatable bonds is 6. The van der Waals surface area contributed by atoms with E-state index < -0.39 is 16.0 Å². The van der Waals surface area contributed by atoms with E-state index in [9.17, 15) is 13.2 Å². The predicted octanol–water partition coefficient (Wildman–Crippen LogP) is 0.621. The van der Waals surface area contributed by atoms with Crippen molar-refractivity contribution in [2.45, 2.75) is 11.4 Å². The summed E-state index contributed by atoms with van der Waals surface area (Å²) in [6, 6.07) is 1.29. The Kier molecular flexibility index (Phi) is 3.98. The van der Waals surface area contributed by atoms with E-state index in [1.165, 1.54) is 11.4 Å². The summed E-state index contributed by atoms with van der Waals surface area (Å²) < 4.78 is 28.0. The maximum atomic E-state index is 12.0. The minimum atomic E-state index is -3.80. The Labute approximate surface area is 113 Å². The monoisotopic (exact) mass is 301 g/mol. The van der Waals surface area contributed by atoms with Gasteiger partial charge in [-0.25, -0.2) is 22.9 Å². The van der Waals surface area contributed by atoms with Crippen LogP contribution in [0.2, 0.25) is 0 Å². The van der Waals surface area contributed by atoms with Crippen molar-refractivity contribution in [2.75, 3.05) is 6.54 Å². The molecule has 0 fully saturated rings. The Morgan fingerprint density at radius 3 is 2.95 bits per heavy atom. The molecule has 0 saturated carbocycles. The average molecular weight is 301 g/mol. The topological polar surface area (TPSA) is 101 Å². The van der Waals surface area contributed by atoms with Crippen LogP contribution in [0.25, 0.3) is 0 Å². The van der Waals surface area contributed by atoms with Crippen LogP contribution in [-0.2, 0) is 16.6 Å². The predicted molar refractivity (Wildman–Crippen MR) is 68.7 cm³/mol. The minimum Gasteiger partial charge on any atom is -0.477 e. The number of thiophene rings is 1. The Bertz CT molecular complexity index is 661. The van der Waals surface area contributed by atoms with Gasteiger partial charge in [0.1, 0.15) is 9.77 Å². The van der Waals surface area contributed by atoms with E-state index in [4.69, 9.17) is 5.11 Å². The van der Waals surface area contributed by atoms with Gasteiger partial charge in [-0.15, -0.1) is 11.3 Å². The highest BCUT2D eigenvalue weighted by molar-refractivity contribution is 7.89. The van der Waals surface area contributed by atoms with Crippen molar-refractivity contribution in [3.8, 4) is 0 Å². The molecule has 0 aromatic carbocycles. The number of sulfonamides is 1. The third-order valence-corrected chi connectivity index (χ3v) is 4.87. The van der Waals surface area contributed by atoms with Gasteiger partial charge in [-0.2, -0.15) is 0 Å². The molecule has 0 aliphatic rings. The summed E-state index contributed by atoms with van der Waals surface area (Å²) in [4.78, 5) is 14.3. The Balaban J connectivity index is 2.06. The van der Waals surface area contributed by atoms with Gasteiger partial charge in [0.05, 0.1) is 6.33 Å². The van der Waals surface area contributed by atoms with Crippen molar-refractivity contribution in [1.29, 1.82) is 0 Å². The first-order valence-electron chi connectivity index (χ1n) is 5.27. The molecule has 19 heavy (non-hydrogen) atoms. The second kappa shape index (κ2) is 5.51. The fraction of sp³-hybridized carbons (Fsp3) is 0.200. The lowest BCUT2D eigenvalue weighted by Gasteiger charge is -2.06. The number of nitrogens with one attached hydrogen (secondary N) is 1. The molecule has 2 heterocycles. The SMILES string of the molecule is O=C(O)c1sccc1S(=O)(=O)NCCn1ccnc1. The first-order valence-corrected chi connectivity index (χ1v) is 7.63. The molecule has 0 unspecified atom stereocenters. The van der Waals surface area contributed by atoms with Crippen molar-refractivity contribution in [2.24, 2.45) is 0 Å². The van der Waals surface area contributed by atoms with Crippen molar-refractivity contribution in [3.05, 3.63) is 35.0 Å². The van der Waals surface area contributed by atoms with E-state index in [-0.39, 0.29) is 16.3 Å². The minimum absolute atomic E-state index is 0.160. The quantitative estimate of drug-likeness (QED) is 0.814. The highest BCUT2D eigenvalue weighted by atomic mass is 32.2. The van der Waals surface area contributed by atoms with Gasteiger partial charge in [0.2, 0.25) is 10.0 Å². The molecule has 0 aliphatic carbocycles. The number of carboxylic acid groups (broad SMARTS) is 1. The van der Waals surface area contributed by atoms with Crippen LogP contribution in [-0.4, -0.2) is 35.6 Å². The number of carbonyl (C=O) groups is 1. The second-order valence-electron chi connectivity index (χ2n) is 3.62. The molecule has 2 aromatic heterocycles. The smallest absolute Gasteiger partial charge is 0.347 e. The van der Waals surface area contributed by atoms with E-state index in [1.807, 2.05) is 0 Å². The maximum Gasteiger partial charge on any atom is 0.347 e. The molecule has 2 aromatic rings. The van der Waals surface area contributed by atoms with Crippen LogP contribution < -0.4 is 4.72 Å². The summed E-state index contributed by atoms with van der Waals surface area (Å²) in [5, 5.41) is 10.3. The molecule has 7 nitrogen and oxygen atoms in total. The van der Waals surface area contributed by atoms with Gasteiger partial charge in [-0.05, 0) is 11.4 Å². The van der Waals surface area contributed by atoms with E-state index >= 15 is 0 Å². The van der Waals surface area contributed by atoms with Crippen LogP contribution in [0.5, 0.6) is 0 Å². The summed E-state index contributed by atoms with van der Waals surface area (Å²) >= 11 is 0.882. The number of hydrogen-bond acceptors (Lipinski definition) is 5. The molecule has 0 spiro atoms. The first kappa shape index (κ1) is 13.7. The molecular weight excluding hydrogens is 290 g/mol. The highest BCUT2D eigenvalue weighted by Crippen LogP contribution is 2.21. The molecule has 0 aliphatic heterocycles. The fourth-order valence-electron chi connectivity index (χ4n) is 1.47. The van der Waals surface area contributed by atoms with Crippen LogP contribution in [0.3, 0.4) is 0 Å². The lowest BCUT2D eigenvalue weighted by molar-refractivity contribution is 0.0698. The summed E-state index contributed by atoms with van der Waals surface area (Å²) in [6.07, 6.45) is 4.87. The average Bonchev–Trinajstić information content (AvgIpc) is 2.99. The zero-order valence-corrected chi connectivity index (χ0v) is 11.3. The van der Waals surface area contributed by atoms with Gasteiger partial charge in [0, 0.05) is 25.5 Å². The summed E-state index contributed by atoms with van der Waals surface area (Å²) in [5.41, 5.74) is 0. The standard InChI is InChI=1S/C10H11N3O4S2/c14-10(15)9-8(1-6-18-9)19(16,17)12-3-5-13-4-2-11-7-13/h1-2,4,6-7,12H,3,5H2,(H,14,15). The maximum absolute atomic E-state index is 12.0. The van der Waals surface area contributed by atoms with Crippen LogP contribution in [0.4, 0.5) is 0 Å². The van der Waals surface area contributed by atoms with Crippen LogP contribution in [0.15, 0.2) is 35.1 Å². The first-order chi connectivity index (χ1) is 9.00. The molecule has 0 radical (unpaired) electrons. The molecule has 102 valence electrons. The fourth-order valence-corrected chi connectivity index (χ4v) is 3.75. The molecule has 0 bridgehead atoms. The lowest BCUT2D eigenvalue weighted by Crippen LogP contribution is -2.28. The van der Waals surface area contributed by atoms with Crippen LogP contribution in [0, 0.1) is 0 Å². The number of aromatic carboxylic acids is 1. The van der Waals surface area contributed by atoms with Crippen LogP contribution >= 0.6 is 11.3 Å². The van der Waals surface area contributed by atoms with Gasteiger partial charge in [-0.1, -0.05) is 0 Å². The van der Waals surface area contributed by atoms with Gasteiger partial charge in [0.25, 0.3) is 0 Å². The number of aromatic nitrogens is 2. The van der Waals surface area contributed by atoms with E-state index in [0.717, 1.165) is 11.3 Å². The van der Waals surface area contributed by atoms with E-state index in [0.29, 0.717) is 6.54 Å². The number of nitrogens with zero attached hydrogens (tertiary/aromatic N) is 2. The van der Waals surface area contributed by atoms with Gasteiger partial charge in [0.15, 0.2) is 0 Å². The third-order valence-electron chi connectivity index (χ3n) is 2.33. The number of imidazole rings is 1. The normalized spacial score (nSPS) is 11.6. The Hall–Kier alpha value is -1.71.